The summed E-state index contributed by atoms with van der Waals surface area (Å²) in [5.74, 6) is -0.851. The molecule has 0 aromatic rings. The molecule has 116 valence electrons. The van der Waals surface area contributed by atoms with Crippen LogP contribution in [0.5, 0.6) is 0 Å². The van der Waals surface area contributed by atoms with E-state index in [0.717, 1.165) is 25.9 Å². The molecule has 1 aliphatic rings. The van der Waals surface area contributed by atoms with E-state index in [1.165, 1.54) is 6.42 Å². The molecule has 1 fully saturated rings. The molecular formula is C15H27NO4. The van der Waals surface area contributed by atoms with Gasteiger partial charge in [0.15, 0.2) is 0 Å². The van der Waals surface area contributed by atoms with E-state index < -0.39 is 5.97 Å². The van der Waals surface area contributed by atoms with Crippen molar-refractivity contribution < 1.29 is 19.4 Å². The van der Waals surface area contributed by atoms with Gasteiger partial charge in [-0.2, -0.15) is 0 Å². The Balaban J connectivity index is 2.47. The summed E-state index contributed by atoms with van der Waals surface area (Å²) in [7, 11) is 0. The third-order valence-electron chi connectivity index (χ3n) is 3.61. The van der Waals surface area contributed by atoms with Gasteiger partial charge in [-0.1, -0.05) is 0 Å². The summed E-state index contributed by atoms with van der Waals surface area (Å²) in [4.78, 5) is 24.7. The predicted octanol–water partition coefficient (Wildman–Crippen LogP) is 2.44. The second kappa shape index (κ2) is 7.62. The highest BCUT2D eigenvalue weighted by Crippen LogP contribution is 2.20. The molecule has 1 atom stereocenters. The highest BCUT2D eigenvalue weighted by atomic mass is 16.5. The molecule has 0 spiro atoms. The standard InChI is InChI=1S/C15H27NO4/c1-15(2,3)16(10-9-14(18)19)13(17)8-7-12-6-4-5-11-20-12/h12H,4-11H2,1-3H3,(H,18,19). The lowest BCUT2D eigenvalue weighted by atomic mass is 10.0. The zero-order chi connectivity index (χ0) is 15.2. The van der Waals surface area contributed by atoms with Crippen molar-refractivity contribution in [3.8, 4) is 0 Å². The van der Waals surface area contributed by atoms with Gasteiger partial charge in [-0.15, -0.1) is 0 Å². The Bertz CT molecular complexity index is 329. The summed E-state index contributed by atoms with van der Waals surface area (Å²) in [5, 5.41) is 8.79. The molecule has 0 saturated carbocycles. The number of carbonyl (C=O) groups is 2. The van der Waals surface area contributed by atoms with Crippen LogP contribution < -0.4 is 0 Å². The molecular weight excluding hydrogens is 258 g/mol. The fourth-order valence-corrected chi connectivity index (χ4v) is 2.50. The van der Waals surface area contributed by atoms with Crippen molar-refractivity contribution in [3.05, 3.63) is 0 Å². The second-order valence-corrected chi connectivity index (χ2v) is 6.39. The zero-order valence-corrected chi connectivity index (χ0v) is 12.9. The first-order valence-electron chi connectivity index (χ1n) is 7.44. The highest BCUT2D eigenvalue weighted by Gasteiger charge is 2.27. The van der Waals surface area contributed by atoms with Crippen molar-refractivity contribution in [1.29, 1.82) is 0 Å². The van der Waals surface area contributed by atoms with Crippen LogP contribution in [0, 0.1) is 0 Å². The summed E-state index contributed by atoms with van der Waals surface area (Å²) in [6.45, 7) is 6.86. The first kappa shape index (κ1) is 17.0. The minimum Gasteiger partial charge on any atom is -0.481 e. The molecule has 5 heteroatoms. The highest BCUT2D eigenvalue weighted by molar-refractivity contribution is 5.77. The molecule has 1 saturated heterocycles. The monoisotopic (exact) mass is 285 g/mol. The van der Waals surface area contributed by atoms with Crippen molar-refractivity contribution >= 4 is 11.9 Å². The largest absolute Gasteiger partial charge is 0.481 e. The van der Waals surface area contributed by atoms with Crippen LogP contribution in [0.3, 0.4) is 0 Å². The zero-order valence-electron chi connectivity index (χ0n) is 12.9. The summed E-state index contributed by atoms with van der Waals surface area (Å²) in [6, 6.07) is 0. The molecule has 20 heavy (non-hydrogen) atoms. The molecule has 1 aliphatic heterocycles. The van der Waals surface area contributed by atoms with E-state index in [4.69, 9.17) is 9.84 Å². The van der Waals surface area contributed by atoms with E-state index in [1.54, 1.807) is 4.90 Å². The van der Waals surface area contributed by atoms with Crippen LogP contribution in [0.25, 0.3) is 0 Å². The van der Waals surface area contributed by atoms with Crippen molar-refractivity contribution in [2.45, 2.75) is 70.9 Å². The minimum atomic E-state index is -0.873. The van der Waals surface area contributed by atoms with Crippen molar-refractivity contribution in [3.63, 3.8) is 0 Å². The molecule has 1 unspecified atom stereocenters. The quantitative estimate of drug-likeness (QED) is 0.814. The summed E-state index contributed by atoms with van der Waals surface area (Å²) in [5.41, 5.74) is -0.347. The maximum absolute atomic E-state index is 12.3. The predicted molar refractivity (Wildman–Crippen MR) is 76.5 cm³/mol. The molecule has 0 aromatic heterocycles. The second-order valence-electron chi connectivity index (χ2n) is 6.39. The SMILES string of the molecule is CC(C)(C)N(CCC(=O)O)C(=O)CCC1CCCCO1. The third-order valence-corrected chi connectivity index (χ3v) is 3.61. The molecule has 0 bridgehead atoms. The van der Waals surface area contributed by atoms with Gasteiger partial charge in [0.2, 0.25) is 5.91 Å². The molecule has 0 aliphatic carbocycles. The first-order valence-corrected chi connectivity index (χ1v) is 7.44. The van der Waals surface area contributed by atoms with E-state index in [0.29, 0.717) is 6.42 Å². The molecule has 1 heterocycles. The Morgan fingerprint density at radius 3 is 2.45 bits per heavy atom. The Labute approximate surface area is 121 Å². The molecule has 0 radical (unpaired) electrons. The van der Waals surface area contributed by atoms with Gasteiger partial charge in [0.05, 0.1) is 12.5 Å². The molecule has 1 amide bonds. The van der Waals surface area contributed by atoms with E-state index in [1.807, 2.05) is 20.8 Å². The number of hydrogen-bond donors (Lipinski definition) is 1. The van der Waals surface area contributed by atoms with E-state index >= 15 is 0 Å². The Kier molecular flexibility index (Phi) is 6.46. The van der Waals surface area contributed by atoms with Gasteiger partial charge in [-0.3, -0.25) is 9.59 Å². The lowest BCUT2D eigenvalue weighted by Gasteiger charge is -2.36. The van der Waals surface area contributed by atoms with Gasteiger partial charge in [-0.25, -0.2) is 0 Å². The summed E-state index contributed by atoms with van der Waals surface area (Å²) in [6.07, 6.45) is 4.65. The number of amides is 1. The van der Waals surface area contributed by atoms with Crippen molar-refractivity contribution in [2.24, 2.45) is 0 Å². The fraction of sp³-hybridized carbons (Fsp3) is 0.867. The molecule has 0 aromatic carbocycles. The van der Waals surface area contributed by atoms with Crippen LogP contribution in [0.2, 0.25) is 0 Å². The number of aliphatic carboxylic acids is 1. The van der Waals surface area contributed by atoms with Crippen LogP contribution >= 0.6 is 0 Å². The van der Waals surface area contributed by atoms with Crippen LogP contribution in [-0.2, 0) is 14.3 Å². The third kappa shape index (κ3) is 5.90. The molecule has 1 rings (SSSR count). The fourth-order valence-electron chi connectivity index (χ4n) is 2.50. The van der Waals surface area contributed by atoms with Crippen LogP contribution in [0.15, 0.2) is 0 Å². The first-order chi connectivity index (χ1) is 9.30. The number of nitrogens with zero attached hydrogens (tertiary/aromatic N) is 1. The van der Waals surface area contributed by atoms with E-state index in [-0.39, 0.29) is 30.5 Å². The minimum absolute atomic E-state index is 0.0110. The topological polar surface area (TPSA) is 66.8 Å². The lowest BCUT2D eigenvalue weighted by molar-refractivity contribution is -0.141. The number of carboxylic acid groups (broad SMARTS) is 1. The smallest absolute Gasteiger partial charge is 0.305 e. The van der Waals surface area contributed by atoms with Gasteiger partial charge >= 0.3 is 5.97 Å². The Morgan fingerprint density at radius 1 is 1.25 bits per heavy atom. The van der Waals surface area contributed by atoms with Crippen LogP contribution in [-0.4, -0.2) is 46.7 Å². The van der Waals surface area contributed by atoms with Gasteiger partial charge in [0.1, 0.15) is 0 Å². The normalized spacial score (nSPS) is 19.6. The van der Waals surface area contributed by atoms with E-state index in [9.17, 15) is 9.59 Å². The molecule has 1 N–H and O–H groups in total. The van der Waals surface area contributed by atoms with Crippen LogP contribution in [0.4, 0.5) is 0 Å². The Morgan fingerprint density at radius 2 is 1.95 bits per heavy atom. The van der Waals surface area contributed by atoms with Gasteiger partial charge < -0.3 is 14.7 Å². The number of hydrogen-bond acceptors (Lipinski definition) is 3. The lowest BCUT2D eigenvalue weighted by Crippen LogP contribution is -2.46. The number of carbonyl (C=O) groups excluding carboxylic acids is 1. The van der Waals surface area contributed by atoms with Gasteiger partial charge in [0, 0.05) is 25.1 Å². The molecule has 5 nitrogen and oxygen atoms in total. The van der Waals surface area contributed by atoms with E-state index in [2.05, 4.69) is 0 Å². The summed E-state index contributed by atoms with van der Waals surface area (Å²) >= 11 is 0. The number of ether oxygens (including phenoxy) is 1. The van der Waals surface area contributed by atoms with Gasteiger partial charge in [-0.05, 0) is 46.5 Å². The maximum Gasteiger partial charge on any atom is 0.305 e. The van der Waals surface area contributed by atoms with Crippen LogP contribution in [0.1, 0.15) is 59.3 Å². The number of rotatable bonds is 6. The Hall–Kier alpha value is -1.10. The van der Waals surface area contributed by atoms with Crippen molar-refractivity contribution in [2.75, 3.05) is 13.2 Å². The number of carboxylic acids is 1. The van der Waals surface area contributed by atoms with Crippen molar-refractivity contribution in [1.82, 2.24) is 4.90 Å². The average molecular weight is 285 g/mol. The average Bonchev–Trinajstić information content (AvgIpc) is 2.35. The summed E-state index contributed by atoms with van der Waals surface area (Å²) < 4.78 is 5.63. The maximum atomic E-state index is 12.3. The van der Waals surface area contributed by atoms with Gasteiger partial charge in [0.25, 0.3) is 0 Å².